The fourth-order valence-corrected chi connectivity index (χ4v) is 2.60. The number of fused-ring (bicyclic) bond motifs is 1. The maximum absolute atomic E-state index is 12.6. The molecule has 0 saturated heterocycles. The lowest BCUT2D eigenvalue weighted by molar-refractivity contribution is -0.121. The minimum atomic E-state index is -0.122. The van der Waals surface area contributed by atoms with Crippen molar-refractivity contribution in [1.29, 1.82) is 0 Å². The second kappa shape index (κ2) is 6.28. The SMILES string of the molecule is CC1COc2ccc(Cl)cc2N1C(=O)COc1ccccc1. The van der Waals surface area contributed by atoms with Gasteiger partial charge in [0.15, 0.2) is 6.61 Å². The molecule has 1 aliphatic rings. The monoisotopic (exact) mass is 317 g/mol. The van der Waals surface area contributed by atoms with Crippen LogP contribution in [0.1, 0.15) is 6.92 Å². The molecule has 2 aromatic carbocycles. The topological polar surface area (TPSA) is 38.8 Å². The predicted octanol–water partition coefficient (Wildman–Crippen LogP) is 3.53. The highest BCUT2D eigenvalue weighted by Crippen LogP contribution is 2.36. The average Bonchev–Trinajstić information content (AvgIpc) is 2.53. The van der Waals surface area contributed by atoms with Gasteiger partial charge in [0.25, 0.3) is 5.91 Å². The summed E-state index contributed by atoms with van der Waals surface area (Å²) in [4.78, 5) is 14.2. The van der Waals surface area contributed by atoms with Gasteiger partial charge in [0.05, 0.1) is 11.7 Å². The minimum absolute atomic E-state index is 0.0275. The number of nitrogens with zero attached hydrogens (tertiary/aromatic N) is 1. The second-order valence-electron chi connectivity index (χ2n) is 5.14. The number of ether oxygens (including phenoxy) is 2. The molecule has 1 unspecified atom stereocenters. The van der Waals surface area contributed by atoms with Gasteiger partial charge >= 0.3 is 0 Å². The van der Waals surface area contributed by atoms with Crippen molar-refractivity contribution in [1.82, 2.24) is 0 Å². The standard InChI is InChI=1S/C17H16ClNO3/c1-12-10-22-16-8-7-13(18)9-15(16)19(12)17(20)11-21-14-5-3-2-4-6-14/h2-9,12H,10-11H2,1H3. The summed E-state index contributed by atoms with van der Waals surface area (Å²) in [7, 11) is 0. The molecular weight excluding hydrogens is 302 g/mol. The molecule has 0 N–H and O–H groups in total. The van der Waals surface area contributed by atoms with Crippen LogP contribution < -0.4 is 14.4 Å². The van der Waals surface area contributed by atoms with Crippen LogP contribution in [-0.2, 0) is 4.79 Å². The number of para-hydroxylation sites is 1. The molecule has 0 fully saturated rings. The first kappa shape index (κ1) is 14.7. The van der Waals surface area contributed by atoms with Crippen LogP contribution in [0, 0.1) is 0 Å². The molecule has 1 aliphatic heterocycles. The quantitative estimate of drug-likeness (QED) is 0.869. The third kappa shape index (κ3) is 3.02. The summed E-state index contributed by atoms with van der Waals surface area (Å²) in [6.07, 6.45) is 0. The van der Waals surface area contributed by atoms with E-state index in [1.165, 1.54) is 0 Å². The maximum atomic E-state index is 12.6. The van der Waals surface area contributed by atoms with E-state index in [4.69, 9.17) is 21.1 Å². The third-order valence-electron chi connectivity index (χ3n) is 3.48. The number of hydrogen-bond donors (Lipinski definition) is 0. The Morgan fingerprint density at radius 3 is 2.86 bits per heavy atom. The largest absolute Gasteiger partial charge is 0.489 e. The van der Waals surface area contributed by atoms with Crippen LogP contribution in [0.2, 0.25) is 5.02 Å². The first-order valence-electron chi connectivity index (χ1n) is 7.07. The van der Waals surface area contributed by atoms with Crippen LogP contribution in [-0.4, -0.2) is 25.2 Å². The predicted molar refractivity (Wildman–Crippen MR) is 85.8 cm³/mol. The van der Waals surface area contributed by atoms with E-state index in [-0.39, 0.29) is 18.6 Å². The van der Waals surface area contributed by atoms with Crippen LogP contribution in [0.5, 0.6) is 11.5 Å². The molecule has 3 rings (SSSR count). The lowest BCUT2D eigenvalue weighted by Crippen LogP contribution is -2.47. The van der Waals surface area contributed by atoms with E-state index in [1.807, 2.05) is 37.3 Å². The number of halogens is 1. The summed E-state index contributed by atoms with van der Waals surface area (Å²) in [6, 6.07) is 14.5. The summed E-state index contributed by atoms with van der Waals surface area (Å²) < 4.78 is 11.2. The van der Waals surface area contributed by atoms with E-state index >= 15 is 0 Å². The maximum Gasteiger partial charge on any atom is 0.265 e. The normalized spacial score (nSPS) is 16.6. The van der Waals surface area contributed by atoms with Gasteiger partial charge in [-0.3, -0.25) is 9.69 Å². The summed E-state index contributed by atoms with van der Waals surface area (Å²) in [5.41, 5.74) is 0.688. The molecule has 114 valence electrons. The van der Waals surface area contributed by atoms with Crippen molar-refractivity contribution >= 4 is 23.2 Å². The zero-order chi connectivity index (χ0) is 15.5. The zero-order valence-electron chi connectivity index (χ0n) is 12.2. The molecule has 22 heavy (non-hydrogen) atoms. The van der Waals surface area contributed by atoms with Crippen molar-refractivity contribution in [2.24, 2.45) is 0 Å². The molecular formula is C17H16ClNO3. The number of hydrogen-bond acceptors (Lipinski definition) is 3. The first-order valence-corrected chi connectivity index (χ1v) is 7.45. The molecule has 4 nitrogen and oxygen atoms in total. The summed E-state index contributed by atoms with van der Waals surface area (Å²) in [6.45, 7) is 2.36. The highest BCUT2D eigenvalue weighted by Gasteiger charge is 2.29. The van der Waals surface area contributed by atoms with Crippen molar-refractivity contribution in [3.05, 3.63) is 53.6 Å². The molecule has 1 amide bonds. The van der Waals surface area contributed by atoms with Gasteiger partial charge in [-0.05, 0) is 37.3 Å². The lowest BCUT2D eigenvalue weighted by atomic mass is 10.1. The van der Waals surface area contributed by atoms with E-state index in [2.05, 4.69) is 0 Å². The molecule has 0 radical (unpaired) electrons. The van der Waals surface area contributed by atoms with E-state index in [0.29, 0.717) is 28.8 Å². The second-order valence-corrected chi connectivity index (χ2v) is 5.57. The summed E-state index contributed by atoms with van der Waals surface area (Å²) in [5.74, 6) is 1.21. The fourth-order valence-electron chi connectivity index (χ4n) is 2.43. The highest BCUT2D eigenvalue weighted by atomic mass is 35.5. The number of benzene rings is 2. The third-order valence-corrected chi connectivity index (χ3v) is 3.71. The van der Waals surface area contributed by atoms with Gasteiger partial charge in [-0.25, -0.2) is 0 Å². The highest BCUT2D eigenvalue weighted by molar-refractivity contribution is 6.31. The van der Waals surface area contributed by atoms with E-state index < -0.39 is 0 Å². The van der Waals surface area contributed by atoms with E-state index in [0.717, 1.165) is 0 Å². The Labute approximate surface area is 134 Å². The summed E-state index contributed by atoms with van der Waals surface area (Å²) >= 11 is 6.04. The molecule has 0 aromatic heterocycles. The van der Waals surface area contributed by atoms with Crippen LogP contribution >= 0.6 is 11.6 Å². The molecule has 1 atom stereocenters. The Morgan fingerprint density at radius 2 is 2.09 bits per heavy atom. The molecule has 0 aliphatic carbocycles. The van der Waals surface area contributed by atoms with Crippen molar-refractivity contribution < 1.29 is 14.3 Å². The fraction of sp³-hybridized carbons (Fsp3) is 0.235. The molecule has 0 bridgehead atoms. The van der Waals surface area contributed by atoms with Crippen LogP contribution in [0.15, 0.2) is 48.5 Å². The number of amides is 1. The van der Waals surface area contributed by atoms with Crippen LogP contribution in [0.4, 0.5) is 5.69 Å². The Bertz CT molecular complexity index is 675. The molecule has 1 heterocycles. The van der Waals surface area contributed by atoms with Gasteiger partial charge in [0.1, 0.15) is 18.1 Å². The Hall–Kier alpha value is -2.20. The Morgan fingerprint density at radius 1 is 1.32 bits per heavy atom. The van der Waals surface area contributed by atoms with Crippen LogP contribution in [0.25, 0.3) is 0 Å². The van der Waals surface area contributed by atoms with E-state index in [1.54, 1.807) is 23.1 Å². The molecule has 5 heteroatoms. The molecule has 0 saturated carbocycles. The van der Waals surface area contributed by atoms with Crippen molar-refractivity contribution in [2.45, 2.75) is 13.0 Å². The van der Waals surface area contributed by atoms with Crippen molar-refractivity contribution in [2.75, 3.05) is 18.1 Å². The van der Waals surface area contributed by atoms with Gasteiger partial charge in [-0.15, -0.1) is 0 Å². The number of carbonyl (C=O) groups excluding carboxylic acids is 1. The number of rotatable bonds is 3. The van der Waals surface area contributed by atoms with E-state index in [9.17, 15) is 4.79 Å². The average molecular weight is 318 g/mol. The first-order chi connectivity index (χ1) is 10.6. The number of carbonyl (C=O) groups is 1. The zero-order valence-corrected chi connectivity index (χ0v) is 12.9. The Kier molecular flexibility index (Phi) is 4.20. The van der Waals surface area contributed by atoms with Crippen molar-refractivity contribution in [3.63, 3.8) is 0 Å². The van der Waals surface area contributed by atoms with Crippen molar-refractivity contribution in [3.8, 4) is 11.5 Å². The lowest BCUT2D eigenvalue weighted by Gasteiger charge is -2.35. The van der Waals surface area contributed by atoms with Gasteiger partial charge < -0.3 is 9.47 Å². The van der Waals surface area contributed by atoms with Crippen LogP contribution in [0.3, 0.4) is 0 Å². The van der Waals surface area contributed by atoms with Gasteiger partial charge in [0, 0.05) is 5.02 Å². The minimum Gasteiger partial charge on any atom is -0.489 e. The summed E-state index contributed by atoms with van der Waals surface area (Å²) in [5, 5.41) is 0.568. The van der Waals surface area contributed by atoms with Gasteiger partial charge in [-0.1, -0.05) is 29.8 Å². The molecule has 0 spiro atoms. The smallest absolute Gasteiger partial charge is 0.265 e. The number of anilines is 1. The molecule has 2 aromatic rings. The van der Waals surface area contributed by atoms with Gasteiger partial charge in [-0.2, -0.15) is 0 Å². The van der Waals surface area contributed by atoms with Gasteiger partial charge in [0.2, 0.25) is 0 Å². The Balaban J connectivity index is 1.78.